The van der Waals surface area contributed by atoms with Crippen LogP contribution in [0.15, 0.2) is 46.6 Å². The number of terminal acetylenes is 2. The summed E-state index contributed by atoms with van der Waals surface area (Å²) in [7, 11) is 0. The molecule has 0 spiro atoms. The van der Waals surface area contributed by atoms with Crippen LogP contribution in [0.3, 0.4) is 0 Å². The second kappa shape index (κ2) is 24.8. The SMILES string of the molecule is C#C.C#C.CC/C(C)=C(/N1CC(C)OC(C2C=CC=NC2C(F)(F)F)c2cc(Cl)ccc21)C(F)(F)F.CCC.CCCC.O=CO. The lowest BCUT2D eigenvalue weighted by atomic mass is 9.86. The minimum Gasteiger partial charge on any atom is -0.483 e. The van der Waals surface area contributed by atoms with Gasteiger partial charge in [-0.1, -0.05) is 71.6 Å². The summed E-state index contributed by atoms with van der Waals surface area (Å²) in [6, 6.07) is 2.12. The van der Waals surface area contributed by atoms with Crippen molar-refractivity contribution in [3.63, 3.8) is 0 Å². The number of benzene rings is 1. The highest BCUT2D eigenvalue weighted by atomic mass is 35.5. The minimum absolute atomic E-state index is 0.111. The highest BCUT2D eigenvalue weighted by molar-refractivity contribution is 6.30. The van der Waals surface area contributed by atoms with Crippen LogP contribution in [0.25, 0.3) is 0 Å². The molecule has 3 rings (SSSR count). The molecular formula is C34H47ClF6N2O3. The van der Waals surface area contributed by atoms with Crippen molar-refractivity contribution in [1.82, 2.24) is 0 Å². The van der Waals surface area contributed by atoms with Crippen LogP contribution < -0.4 is 4.90 Å². The van der Waals surface area contributed by atoms with Gasteiger partial charge in [0.15, 0.2) is 6.04 Å². The van der Waals surface area contributed by atoms with Crippen LogP contribution in [0.2, 0.25) is 5.02 Å². The molecule has 1 N–H and O–H groups in total. The molecule has 1 aromatic rings. The van der Waals surface area contributed by atoms with Gasteiger partial charge in [0.1, 0.15) is 5.70 Å². The molecule has 46 heavy (non-hydrogen) atoms. The van der Waals surface area contributed by atoms with E-state index in [4.69, 9.17) is 26.2 Å². The molecule has 2 heterocycles. The number of ether oxygens (including phenoxy) is 1. The van der Waals surface area contributed by atoms with Crippen LogP contribution >= 0.6 is 11.6 Å². The summed E-state index contributed by atoms with van der Waals surface area (Å²) in [6.07, 6.45) is 12.5. The maximum absolute atomic E-state index is 14.1. The van der Waals surface area contributed by atoms with E-state index in [2.05, 4.69) is 58.4 Å². The molecule has 4 atom stereocenters. The van der Waals surface area contributed by atoms with Crippen LogP contribution in [0.4, 0.5) is 32.0 Å². The third-order valence-corrected chi connectivity index (χ3v) is 6.33. The number of carboxylic acid groups (broad SMARTS) is 1. The third-order valence-electron chi connectivity index (χ3n) is 6.09. The van der Waals surface area contributed by atoms with E-state index in [1.165, 1.54) is 56.5 Å². The van der Waals surface area contributed by atoms with Gasteiger partial charge in [-0.3, -0.25) is 9.79 Å². The number of aliphatic imine (C=N–C) groups is 1. The summed E-state index contributed by atoms with van der Waals surface area (Å²) in [5, 5.41) is 7.07. The summed E-state index contributed by atoms with van der Waals surface area (Å²) >= 11 is 6.13. The van der Waals surface area contributed by atoms with E-state index in [0.717, 1.165) is 11.1 Å². The van der Waals surface area contributed by atoms with Crippen molar-refractivity contribution in [1.29, 1.82) is 0 Å². The van der Waals surface area contributed by atoms with Crippen LogP contribution in [-0.2, 0) is 9.53 Å². The first-order valence-electron chi connectivity index (χ1n) is 14.6. The Morgan fingerprint density at radius 1 is 1.07 bits per heavy atom. The molecule has 4 unspecified atom stereocenters. The summed E-state index contributed by atoms with van der Waals surface area (Å²) in [4.78, 5) is 13.0. The third kappa shape index (κ3) is 15.7. The van der Waals surface area contributed by atoms with E-state index < -0.39 is 42.2 Å². The second-order valence-electron chi connectivity index (χ2n) is 9.72. The van der Waals surface area contributed by atoms with Crippen molar-refractivity contribution in [2.75, 3.05) is 11.4 Å². The lowest BCUT2D eigenvalue weighted by molar-refractivity contribution is -0.168. The fourth-order valence-corrected chi connectivity index (χ4v) is 4.30. The number of allylic oxidation sites excluding steroid dienone is 3. The number of fused-ring (bicyclic) bond motifs is 1. The van der Waals surface area contributed by atoms with Gasteiger partial charge in [0.2, 0.25) is 0 Å². The van der Waals surface area contributed by atoms with Gasteiger partial charge in [-0.25, -0.2) is 0 Å². The average Bonchev–Trinajstić information content (AvgIpc) is 3.14. The van der Waals surface area contributed by atoms with Gasteiger partial charge in [-0.05, 0) is 50.1 Å². The van der Waals surface area contributed by atoms with Crippen LogP contribution in [0, 0.1) is 31.6 Å². The van der Waals surface area contributed by atoms with Gasteiger partial charge in [0.05, 0.1) is 12.2 Å². The van der Waals surface area contributed by atoms with E-state index in [1.54, 1.807) is 13.8 Å². The molecule has 0 saturated carbocycles. The maximum atomic E-state index is 14.1. The van der Waals surface area contributed by atoms with E-state index in [-0.39, 0.29) is 41.3 Å². The number of halogens is 7. The molecule has 0 amide bonds. The second-order valence-corrected chi connectivity index (χ2v) is 10.2. The Kier molecular flexibility index (Phi) is 25.3. The Bertz CT molecular complexity index is 1120. The zero-order chi connectivity index (χ0) is 36.7. The molecule has 2 aliphatic rings. The van der Waals surface area contributed by atoms with E-state index >= 15 is 0 Å². The van der Waals surface area contributed by atoms with Crippen molar-refractivity contribution in [2.24, 2.45) is 10.9 Å². The van der Waals surface area contributed by atoms with Crippen molar-refractivity contribution in [2.45, 2.75) is 105 Å². The largest absolute Gasteiger partial charge is 0.483 e. The molecule has 2 aliphatic heterocycles. The van der Waals surface area contributed by atoms with Crippen molar-refractivity contribution in [3.8, 4) is 25.7 Å². The number of dihydropyridines is 1. The van der Waals surface area contributed by atoms with Gasteiger partial charge in [-0.2, -0.15) is 26.3 Å². The molecule has 0 radical (unpaired) electrons. The number of hydrogen-bond acceptors (Lipinski definition) is 4. The Labute approximate surface area is 275 Å². The summed E-state index contributed by atoms with van der Waals surface area (Å²) < 4.78 is 89.4. The Morgan fingerprint density at radius 3 is 1.98 bits per heavy atom. The lowest BCUT2D eigenvalue weighted by Gasteiger charge is -2.33. The summed E-state index contributed by atoms with van der Waals surface area (Å²) in [5.74, 6) is -1.26. The van der Waals surface area contributed by atoms with Gasteiger partial charge in [-0.15, -0.1) is 25.7 Å². The first-order chi connectivity index (χ1) is 21.6. The highest BCUT2D eigenvalue weighted by Crippen LogP contribution is 2.47. The number of carbonyl (C=O) groups is 1. The predicted molar refractivity (Wildman–Crippen MR) is 177 cm³/mol. The standard InChI is InChI=1S/C22H23ClF6N2O.C4H10.C3H8.2C2H2.CH2O2/c1-4-12(2)20(22(27,28)29)31-11-13(3)32-18(16-10-14(23)7-8-17(16)31)15-6-5-9-30-19(15)21(24,25)26;1-3-4-2;1-3-2;2*1-2;2-1-3/h5-10,13,15,18-19H,4,11H2,1-3H3;3-4H2,1-2H3;3H2,1-2H3;2*1-2H;1H,(H,2,3)/b20-12+;;;;;. The number of hydrogen-bond donors (Lipinski definition) is 1. The lowest BCUT2D eigenvalue weighted by Crippen LogP contribution is -2.39. The van der Waals surface area contributed by atoms with Gasteiger partial charge in [0.25, 0.3) is 6.47 Å². The number of alkyl halides is 6. The monoisotopic (exact) mass is 680 g/mol. The molecule has 1 aromatic carbocycles. The zero-order valence-corrected chi connectivity index (χ0v) is 28.3. The average molecular weight is 681 g/mol. The topological polar surface area (TPSA) is 62.1 Å². The van der Waals surface area contributed by atoms with E-state index in [1.807, 2.05) is 0 Å². The van der Waals surface area contributed by atoms with Crippen LogP contribution in [0.5, 0.6) is 0 Å². The number of rotatable bonds is 4. The fraction of sp³-hybridized carbons (Fsp3) is 0.529. The zero-order valence-electron chi connectivity index (χ0n) is 27.5. The molecule has 0 fully saturated rings. The maximum Gasteiger partial charge on any atom is 0.431 e. The Morgan fingerprint density at radius 2 is 1.57 bits per heavy atom. The van der Waals surface area contributed by atoms with Crippen molar-refractivity contribution < 1.29 is 41.0 Å². The number of unbranched alkanes of at least 4 members (excludes halogenated alkanes) is 1. The fourth-order valence-electron chi connectivity index (χ4n) is 4.12. The first-order valence-corrected chi connectivity index (χ1v) is 15.0. The normalized spacial score (nSPS) is 20.3. The Balaban J connectivity index is -0.00000113. The molecule has 260 valence electrons. The van der Waals surface area contributed by atoms with Gasteiger partial charge < -0.3 is 14.7 Å². The molecule has 0 bridgehead atoms. The molecule has 0 aliphatic carbocycles. The number of nitrogens with zero attached hydrogens (tertiary/aromatic N) is 2. The molecule has 0 saturated heterocycles. The van der Waals surface area contributed by atoms with Crippen LogP contribution in [0.1, 0.15) is 85.8 Å². The van der Waals surface area contributed by atoms with Crippen LogP contribution in [-0.4, -0.2) is 48.8 Å². The van der Waals surface area contributed by atoms with Crippen molar-refractivity contribution in [3.05, 3.63) is 52.2 Å². The van der Waals surface area contributed by atoms with E-state index in [0.29, 0.717) is 0 Å². The predicted octanol–water partition coefficient (Wildman–Crippen LogP) is 10.5. The first kappa shape index (κ1) is 47.0. The number of anilines is 1. The van der Waals surface area contributed by atoms with E-state index in [9.17, 15) is 26.3 Å². The summed E-state index contributed by atoms with van der Waals surface area (Å²) in [5.41, 5.74) is -0.454. The molecular weight excluding hydrogens is 634 g/mol. The van der Waals surface area contributed by atoms with Gasteiger partial charge in [0, 0.05) is 35.0 Å². The Hall–Kier alpha value is -3.41. The minimum atomic E-state index is -4.67. The highest BCUT2D eigenvalue weighted by Gasteiger charge is 2.50. The summed E-state index contributed by atoms with van der Waals surface area (Å²) in [6.45, 7) is 12.7. The van der Waals surface area contributed by atoms with Crippen molar-refractivity contribution >= 4 is 30.0 Å². The molecule has 0 aromatic heterocycles. The quantitative estimate of drug-likeness (QED) is 0.195. The molecule has 12 heteroatoms. The van der Waals surface area contributed by atoms with Gasteiger partial charge >= 0.3 is 12.4 Å². The smallest absolute Gasteiger partial charge is 0.431 e. The molecule has 5 nitrogen and oxygen atoms in total.